The van der Waals surface area contributed by atoms with Gasteiger partial charge < -0.3 is 25.0 Å². The normalized spacial score (nSPS) is 23.9. The number of hydrogen-bond donors (Lipinski definition) is 3. The van der Waals surface area contributed by atoms with E-state index in [2.05, 4.69) is 10.3 Å². The van der Waals surface area contributed by atoms with Gasteiger partial charge >= 0.3 is 5.69 Å². The van der Waals surface area contributed by atoms with Crippen molar-refractivity contribution in [3.63, 3.8) is 0 Å². The third kappa shape index (κ3) is 3.94. The van der Waals surface area contributed by atoms with E-state index < -0.39 is 24.1 Å². The molecule has 128 valence electrons. The highest BCUT2D eigenvalue weighted by atomic mass is 16.5. The highest BCUT2D eigenvalue weighted by molar-refractivity contribution is 5.90. The molecule has 1 aliphatic heterocycles. The summed E-state index contributed by atoms with van der Waals surface area (Å²) in [5.74, 6) is -0.114. The predicted molar refractivity (Wildman–Crippen MR) is 79.8 cm³/mol. The quantitative estimate of drug-likeness (QED) is 0.636. The van der Waals surface area contributed by atoms with Gasteiger partial charge in [0, 0.05) is 31.7 Å². The standard InChI is InChI=1S/C14H21N3O6/c1-3-11(20)15-13-8(7-22-2)5-17(14(21)16-13)12-4-9(19)10(6-18)23-12/h5,9-10,12,18-19H,3-4,6-7H2,1-2H3,(H,15,16,20,21)/t9-,10+,12+/m0/s1. The lowest BCUT2D eigenvalue weighted by atomic mass is 10.2. The first-order chi connectivity index (χ1) is 11.0. The summed E-state index contributed by atoms with van der Waals surface area (Å²) in [5.41, 5.74) is -0.105. The zero-order valence-electron chi connectivity index (χ0n) is 13.1. The van der Waals surface area contributed by atoms with E-state index in [1.165, 1.54) is 17.9 Å². The zero-order chi connectivity index (χ0) is 17.0. The topological polar surface area (TPSA) is 123 Å². The molecule has 1 aromatic heterocycles. The van der Waals surface area contributed by atoms with Gasteiger partial charge in [-0.3, -0.25) is 9.36 Å². The number of aliphatic hydroxyl groups excluding tert-OH is 2. The Morgan fingerprint density at radius 3 is 2.91 bits per heavy atom. The summed E-state index contributed by atoms with van der Waals surface area (Å²) < 4.78 is 11.8. The second kappa shape index (κ2) is 7.64. The Labute approximate surface area is 132 Å². The monoisotopic (exact) mass is 327 g/mol. The van der Waals surface area contributed by atoms with Crippen LogP contribution in [0.15, 0.2) is 11.0 Å². The lowest BCUT2D eigenvalue weighted by Gasteiger charge is -2.17. The minimum Gasteiger partial charge on any atom is -0.394 e. The molecule has 0 aromatic carbocycles. The van der Waals surface area contributed by atoms with Gasteiger partial charge in [-0.2, -0.15) is 4.98 Å². The molecule has 1 fully saturated rings. The van der Waals surface area contributed by atoms with Crippen molar-refractivity contribution in [2.75, 3.05) is 19.0 Å². The first kappa shape index (κ1) is 17.5. The summed E-state index contributed by atoms with van der Waals surface area (Å²) in [6.07, 6.45) is -0.415. The summed E-state index contributed by atoms with van der Waals surface area (Å²) >= 11 is 0. The van der Waals surface area contributed by atoms with Crippen LogP contribution in [0.4, 0.5) is 5.82 Å². The summed E-state index contributed by atoms with van der Waals surface area (Å²) in [6.45, 7) is 1.50. The molecule has 23 heavy (non-hydrogen) atoms. The van der Waals surface area contributed by atoms with Crippen LogP contribution >= 0.6 is 0 Å². The first-order valence-electron chi connectivity index (χ1n) is 7.35. The van der Waals surface area contributed by atoms with Gasteiger partial charge in [-0.1, -0.05) is 6.92 Å². The molecule has 1 amide bonds. The average Bonchev–Trinajstić information content (AvgIpc) is 2.90. The molecule has 3 atom stereocenters. The minimum atomic E-state index is -0.859. The molecule has 0 unspecified atom stereocenters. The molecular weight excluding hydrogens is 306 g/mol. The summed E-state index contributed by atoms with van der Waals surface area (Å²) in [7, 11) is 1.48. The number of ether oxygens (including phenoxy) is 2. The van der Waals surface area contributed by atoms with E-state index in [1.807, 2.05) is 0 Å². The number of amides is 1. The number of anilines is 1. The first-order valence-corrected chi connectivity index (χ1v) is 7.35. The Kier molecular flexibility index (Phi) is 5.83. The summed E-state index contributed by atoms with van der Waals surface area (Å²) in [5, 5.41) is 21.5. The summed E-state index contributed by atoms with van der Waals surface area (Å²) in [4.78, 5) is 27.6. The lowest BCUT2D eigenvalue weighted by Crippen LogP contribution is -2.30. The van der Waals surface area contributed by atoms with Crippen LogP contribution in [0.2, 0.25) is 0 Å². The van der Waals surface area contributed by atoms with E-state index in [0.29, 0.717) is 5.56 Å². The minimum absolute atomic E-state index is 0.144. The predicted octanol–water partition coefficient (Wildman–Crippen LogP) is -0.621. The molecule has 3 N–H and O–H groups in total. The second-order valence-corrected chi connectivity index (χ2v) is 5.25. The highest BCUT2D eigenvalue weighted by Crippen LogP contribution is 2.28. The lowest BCUT2D eigenvalue weighted by molar-refractivity contribution is -0.115. The van der Waals surface area contributed by atoms with Crippen molar-refractivity contribution < 1.29 is 24.5 Å². The molecule has 2 rings (SSSR count). The van der Waals surface area contributed by atoms with E-state index in [9.17, 15) is 14.7 Å². The van der Waals surface area contributed by atoms with Crippen molar-refractivity contribution in [1.29, 1.82) is 0 Å². The molecule has 0 radical (unpaired) electrons. The second-order valence-electron chi connectivity index (χ2n) is 5.25. The van der Waals surface area contributed by atoms with Crippen molar-refractivity contribution in [3.05, 3.63) is 22.2 Å². The molecule has 0 bridgehead atoms. The maximum absolute atomic E-state index is 12.2. The van der Waals surface area contributed by atoms with Crippen molar-refractivity contribution in [3.8, 4) is 0 Å². The molecule has 2 heterocycles. The average molecular weight is 327 g/mol. The van der Waals surface area contributed by atoms with Gasteiger partial charge in [-0.05, 0) is 0 Å². The number of aromatic nitrogens is 2. The van der Waals surface area contributed by atoms with Gasteiger partial charge in [0.1, 0.15) is 18.1 Å². The number of rotatable bonds is 6. The maximum Gasteiger partial charge on any atom is 0.351 e. The molecule has 1 aromatic rings. The van der Waals surface area contributed by atoms with Crippen LogP contribution in [-0.4, -0.2) is 51.6 Å². The Morgan fingerprint density at radius 2 is 2.35 bits per heavy atom. The van der Waals surface area contributed by atoms with Crippen LogP contribution in [0.5, 0.6) is 0 Å². The van der Waals surface area contributed by atoms with Crippen molar-refractivity contribution >= 4 is 11.7 Å². The van der Waals surface area contributed by atoms with Crippen molar-refractivity contribution in [2.24, 2.45) is 0 Å². The van der Waals surface area contributed by atoms with E-state index in [1.54, 1.807) is 6.92 Å². The molecule has 0 spiro atoms. The SMILES string of the molecule is CCC(=O)Nc1nc(=O)n([C@H]2C[C@H](O)[C@@H](CO)O2)cc1COC. The Morgan fingerprint density at radius 1 is 1.61 bits per heavy atom. The van der Waals surface area contributed by atoms with E-state index in [0.717, 1.165) is 0 Å². The highest BCUT2D eigenvalue weighted by Gasteiger charge is 2.35. The van der Waals surface area contributed by atoms with Crippen molar-refractivity contribution in [1.82, 2.24) is 9.55 Å². The largest absolute Gasteiger partial charge is 0.394 e. The van der Waals surface area contributed by atoms with Crippen LogP contribution in [0.1, 0.15) is 31.6 Å². The van der Waals surface area contributed by atoms with E-state index in [-0.39, 0.29) is 37.8 Å². The molecule has 0 aliphatic carbocycles. The van der Waals surface area contributed by atoms with Crippen LogP contribution < -0.4 is 11.0 Å². The van der Waals surface area contributed by atoms with Gasteiger partial charge in [0.25, 0.3) is 0 Å². The number of nitrogens with one attached hydrogen (secondary N) is 1. The molecule has 9 heteroatoms. The fraction of sp³-hybridized carbons (Fsp3) is 0.643. The molecule has 0 saturated carbocycles. The Hall–Kier alpha value is -1.81. The number of carbonyl (C=O) groups excluding carboxylic acids is 1. The fourth-order valence-corrected chi connectivity index (χ4v) is 2.36. The third-order valence-electron chi connectivity index (χ3n) is 3.60. The molecule has 1 saturated heterocycles. The molecule has 1 aliphatic rings. The van der Waals surface area contributed by atoms with E-state index in [4.69, 9.17) is 14.6 Å². The number of nitrogens with zero attached hydrogens (tertiary/aromatic N) is 2. The van der Waals surface area contributed by atoms with Crippen LogP contribution in [0, 0.1) is 0 Å². The number of hydrogen-bond acceptors (Lipinski definition) is 7. The number of aliphatic hydroxyl groups is 2. The van der Waals surface area contributed by atoms with Gasteiger partial charge in [0.2, 0.25) is 5.91 Å². The van der Waals surface area contributed by atoms with Gasteiger partial charge in [0.15, 0.2) is 0 Å². The summed E-state index contributed by atoms with van der Waals surface area (Å²) in [6, 6.07) is 0. The Bertz CT molecular complexity index is 617. The van der Waals surface area contributed by atoms with Gasteiger partial charge in [0.05, 0.1) is 19.3 Å². The smallest absolute Gasteiger partial charge is 0.351 e. The maximum atomic E-state index is 12.2. The van der Waals surface area contributed by atoms with Gasteiger partial charge in [-0.25, -0.2) is 4.79 Å². The van der Waals surface area contributed by atoms with Crippen LogP contribution in [0.3, 0.4) is 0 Å². The third-order valence-corrected chi connectivity index (χ3v) is 3.60. The van der Waals surface area contributed by atoms with Crippen LogP contribution in [-0.2, 0) is 20.9 Å². The fourth-order valence-electron chi connectivity index (χ4n) is 2.36. The number of carbonyl (C=O) groups is 1. The van der Waals surface area contributed by atoms with Gasteiger partial charge in [-0.15, -0.1) is 0 Å². The molecule has 9 nitrogen and oxygen atoms in total. The van der Waals surface area contributed by atoms with Crippen LogP contribution in [0.25, 0.3) is 0 Å². The van der Waals surface area contributed by atoms with Crippen molar-refractivity contribution in [2.45, 2.75) is 44.8 Å². The molecular formula is C14H21N3O6. The van der Waals surface area contributed by atoms with E-state index >= 15 is 0 Å². The number of methoxy groups -OCH3 is 1. The zero-order valence-corrected chi connectivity index (χ0v) is 13.1. The Balaban J connectivity index is 2.33.